The molecule has 22 heavy (non-hydrogen) atoms. The summed E-state index contributed by atoms with van der Waals surface area (Å²) in [5.74, 6) is 0. The Bertz CT molecular complexity index is 990. The molecular formula is C16H12ClNO3S. The Kier molecular flexibility index (Phi) is 3.54. The largest absolute Gasteiger partial charge is 0.298 e. The quantitative estimate of drug-likeness (QED) is 0.687. The molecule has 0 aliphatic heterocycles. The Balaban J connectivity index is 2.43. The number of aromatic nitrogens is 1. The van der Waals surface area contributed by atoms with Gasteiger partial charge in [0.15, 0.2) is 6.29 Å². The zero-order valence-electron chi connectivity index (χ0n) is 11.7. The van der Waals surface area contributed by atoms with Crippen LogP contribution in [-0.4, -0.2) is 18.7 Å². The number of benzene rings is 2. The van der Waals surface area contributed by atoms with E-state index in [-0.39, 0.29) is 15.6 Å². The lowest BCUT2D eigenvalue weighted by molar-refractivity contribution is 0.112. The summed E-state index contributed by atoms with van der Waals surface area (Å²) in [6, 6.07) is 13.4. The second-order valence-electron chi connectivity index (χ2n) is 4.87. The summed E-state index contributed by atoms with van der Waals surface area (Å²) in [7, 11) is -3.89. The summed E-state index contributed by atoms with van der Waals surface area (Å²) in [6.07, 6.45) is 0.578. The van der Waals surface area contributed by atoms with Crippen LogP contribution < -0.4 is 0 Å². The zero-order chi connectivity index (χ0) is 15.9. The van der Waals surface area contributed by atoms with Crippen molar-refractivity contribution in [1.82, 2.24) is 3.97 Å². The van der Waals surface area contributed by atoms with Gasteiger partial charge in [-0.3, -0.25) is 4.79 Å². The highest BCUT2D eigenvalue weighted by molar-refractivity contribution is 7.90. The normalized spacial score (nSPS) is 11.7. The minimum atomic E-state index is -3.89. The van der Waals surface area contributed by atoms with Gasteiger partial charge in [0.05, 0.1) is 16.0 Å². The number of hydrogen-bond acceptors (Lipinski definition) is 3. The number of carbonyl (C=O) groups is 1. The minimum Gasteiger partial charge on any atom is -0.298 e. The van der Waals surface area contributed by atoms with Gasteiger partial charge in [0, 0.05) is 5.39 Å². The van der Waals surface area contributed by atoms with Crippen LogP contribution in [0.3, 0.4) is 0 Å². The lowest BCUT2D eigenvalue weighted by Gasteiger charge is -2.11. The van der Waals surface area contributed by atoms with Crippen LogP contribution in [0.4, 0.5) is 0 Å². The van der Waals surface area contributed by atoms with Gasteiger partial charge in [0.2, 0.25) is 0 Å². The summed E-state index contributed by atoms with van der Waals surface area (Å²) in [6.45, 7) is 1.72. The number of rotatable bonds is 3. The number of fused-ring (bicyclic) bond motifs is 1. The number of halogens is 1. The fraction of sp³-hybridized carbons (Fsp3) is 0.0625. The van der Waals surface area contributed by atoms with Crippen LogP contribution in [-0.2, 0) is 10.0 Å². The first-order valence-corrected chi connectivity index (χ1v) is 8.35. The van der Waals surface area contributed by atoms with E-state index >= 15 is 0 Å². The molecule has 0 bridgehead atoms. The summed E-state index contributed by atoms with van der Waals surface area (Å²) in [4.78, 5) is 11.5. The third kappa shape index (κ3) is 2.05. The van der Waals surface area contributed by atoms with Gasteiger partial charge in [-0.25, -0.2) is 12.4 Å². The monoisotopic (exact) mass is 333 g/mol. The first-order valence-electron chi connectivity index (χ1n) is 6.54. The maximum atomic E-state index is 13.0. The average molecular weight is 334 g/mol. The summed E-state index contributed by atoms with van der Waals surface area (Å²) in [5, 5.41) is 0.416. The average Bonchev–Trinajstić information content (AvgIpc) is 2.79. The van der Waals surface area contributed by atoms with Crippen LogP contribution in [0, 0.1) is 6.92 Å². The molecule has 0 aliphatic rings. The number of aldehydes is 1. The van der Waals surface area contributed by atoms with E-state index < -0.39 is 10.0 Å². The summed E-state index contributed by atoms with van der Waals surface area (Å²) < 4.78 is 27.0. The number of nitrogens with zero attached hydrogens (tertiary/aromatic N) is 1. The van der Waals surface area contributed by atoms with Crippen molar-refractivity contribution >= 4 is 38.8 Å². The number of aryl methyl sites for hydroxylation is 1. The molecule has 0 radical (unpaired) electrons. The molecule has 1 heterocycles. The van der Waals surface area contributed by atoms with Crippen molar-refractivity contribution in [3.05, 3.63) is 64.8 Å². The molecule has 0 spiro atoms. The molecule has 0 unspecified atom stereocenters. The molecule has 0 atom stereocenters. The van der Waals surface area contributed by atoms with Crippen LogP contribution in [0.25, 0.3) is 10.9 Å². The predicted molar refractivity (Wildman–Crippen MR) is 86.1 cm³/mol. The van der Waals surface area contributed by atoms with Crippen molar-refractivity contribution in [1.29, 1.82) is 0 Å². The molecule has 112 valence electrons. The summed E-state index contributed by atoms with van der Waals surface area (Å²) in [5.41, 5.74) is 1.18. The van der Waals surface area contributed by atoms with E-state index in [0.29, 0.717) is 22.8 Å². The molecule has 0 aliphatic carbocycles. The Morgan fingerprint density at radius 2 is 1.68 bits per heavy atom. The maximum Gasteiger partial charge on any atom is 0.269 e. The van der Waals surface area contributed by atoms with Crippen molar-refractivity contribution in [2.75, 3.05) is 0 Å². The molecular weight excluding hydrogens is 322 g/mol. The second kappa shape index (κ2) is 5.26. The van der Waals surface area contributed by atoms with Crippen LogP contribution in [0.1, 0.15) is 15.9 Å². The van der Waals surface area contributed by atoms with Crippen LogP contribution >= 0.6 is 11.6 Å². The van der Waals surface area contributed by atoms with Crippen molar-refractivity contribution in [3.8, 4) is 0 Å². The van der Waals surface area contributed by atoms with Crippen LogP contribution in [0.5, 0.6) is 0 Å². The fourth-order valence-electron chi connectivity index (χ4n) is 2.50. The highest BCUT2D eigenvalue weighted by Gasteiger charge is 2.26. The van der Waals surface area contributed by atoms with Gasteiger partial charge < -0.3 is 0 Å². The first kappa shape index (κ1) is 14.8. The lowest BCUT2D eigenvalue weighted by atomic mass is 10.2. The second-order valence-corrected chi connectivity index (χ2v) is 6.99. The maximum absolute atomic E-state index is 13.0. The predicted octanol–water partition coefficient (Wildman–Crippen LogP) is 3.65. The molecule has 3 rings (SSSR count). The van der Waals surface area contributed by atoms with Gasteiger partial charge in [-0.05, 0) is 24.6 Å². The van der Waals surface area contributed by atoms with Crippen LogP contribution in [0.15, 0.2) is 53.4 Å². The Morgan fingerprint density at radius 1 is 1.05 bits per heavy atom. The fourth-order valence-corrected chi connectivity index (χ4v) is 4.66. The van der Waals surface area contributed by atoms with Crippen molar-refractivity contribution in [2.24, 2.45) is 0 Å². The third-order valence-electron chi connectivity index (χ3n) is 3.54. The molecule has 2 aromatic carbocycles. The van der Waals surface area contributed by atoms with Crippen LogP contribution in [0.2, 0.25) is 5.15 Å². The van der Waals surface area contributed by atoms with E-state index in [2.05, 4.69) is 0 Å². The minimum absolute atomic E-state index is 0.0977. The number of carbonyl (C=O) groups excluding carboxylic acids is 1. The SMILES string of the molecule is Cc1ccccc1S(=O)(=O)n1c(Cl)c(C=O)c2ccccc21. The number of para-hydroxylation sites is 1. The molecule has 0 amide bonds. The smallest absolute Gasteiger partial charge is 0.269 e. The molecule has 0 saturated carbocycles. The highest BCUT2D eigenvalue weighted by Crippen LogP contribution is 2.33. The topological polar surface area (TPSA) is 56.1 Å². The Labute approximate surface area is 133 Å². The number of hydrogen-bond donors (Lipinski definition) is 0. The molecule has 0 fully saturated rings. The van der Waals surface area contributed by atoms with Gasteiger partial charge in [-0.1, -0.05) is 48.0 Å². The molecule has 4 nitrogen and oxygen atoms in total. The van der Waals surface area contributed by atoms with Gasteiger partial charge in [0.1, 0.15) is 5.15 Å². The lowest BCUT2D eigenvalue weighted by Crippen LogP contribution is -2.14. The molecule has 0 saturated heterocycles. The summed E-state index contributed by atoms with van der Waals surface area (Å²) >= 11 is 6.19. The van der Waals surface area contributed by atoms with E-state index in [1.165, 1.54) is 6.07 Å². The van der Waals surface area contributed by atoms with Gasteiger partial charge >= 0.3 is 0 Å². The van der Waals surface area contributed by atoms with E-state index in [4.69, 9.17) is 11.6 Å². The first-order chi connectivity index (χ1) is 10.5. The van der Waals surface area contributed by atoms with Gasteiger partial charge in [0.25, 0.3) is 10.0 Å². The zero-order valence-corrected chi connectivity index (χ0v) is 13.2. The Hall–Kier alpha value is -2.11. The molecule has 6 heteroatoms. The third-order valence-corrected chi connectivity index (χ3v) is 5.89. The standard InChI is InChI=1S/C16H12ClNO3S/c1-11-6-2-5-9-15(11)22(20,21)18-14-8-4-3-7-12(14)13(10-19)16(18)17/h2-10H,1H3. The van der Waals surface area contributed by atoms with Crippen molar-refractivity contribution in [2.45, 2.75) is 11.8 Å². The van der Waals surface area contributed by atoms with Gasteiger partial charge in [-0.15, -0.1) is 0 Å². The Morgan fingerprint density at radius 3 is 2.36 bits per heavy atom. The van der Waals surface area contributed by atoms with E-state index in [9.17, 15) is 13.2 Å². The van der Waals surface area contributed by atoms with Gasteiger partial charge in [-0.2, -0.15) is 0 Å². The van der Waals surface area contributed by atoms with Crippen molar-refractivity contribution < 1.29 is 13.2 Å². The van der Waals surface area contributed by atoms with E-state index in [0.717, 1.165) is 3.97 Å². The van der Waals surface area contributed by atoms with E-state index in [1.807, 2.05) is 0 Å². The molecule has 0 N–H and O–H groups in total. The molecule has 1 aromatic heterocycles. The van der Waals surface area contributed by atoms with Crippen molar-refractivity contribution in [3.63, 3.8) is 0 Å². The highest BCUT2D eigenvalue weighted by atomic mass is 35.5. The molecule has 3 aromatic rings. The van der Waals surface area contributed by atoms with E-state index in [1.54, 1.807) is 49.4 Å².